The Balaban J connectivity index is 2.08. The fourth-order valence-corrected chi connectivity index (χ4v) is 2.53. The molecule has 1 aromatic rings. The van der Waals surface area contributed by atoms with Crippen LogP contribution in [-0.4, -0.2) is 27.7 Å². The van der Waals surface area contributed by atoms with Gasteiger partial charge >= 0.3 is 0 Å². The van der Waals surface area contributed by atoms with Gasteiger partial charge in [0.1, 0.15) is 0 Å². The van der Waals surface area contributed by atoms with Crippen LogP contribution in [0.5, 0.6) is 0 Å². The Labute approximate surface area is 103 Å². The van der Waals surface area contributed by atoms with Gasteiger partial charge in [0.15, 0.2) is 0 Å². The van der Waals surface area contributed by atoms with Crippen LogP contribution in [0.15, 0.2) is 16.7 Å². The van der Waals surface area contributed by atoms with Crippen LogP contribution < -0.4 is 0 Å². The number of carbonyl (C=O) groups is 1. The van der Waals surface area contributed by atoms with E-state index < -0.39 is 0 Å². The van der Waals surface area contributed by atoms with Crippen molar-refractivity contribution in [1.29, 1.82) is 0 Å². The topological polar surface area (TPSA) is 25.2 Å². The molecule has 0 bridgehead atoms. The number of amides is 1. The third-order valence-electron chi connectivity index (χ3n) is 2.59. The lowest BCUT2D eigenvalue weighted by atomic mass is 10.3. The molecule has 0 aromatic carbocycles. The molecule has 0 N–H and O–H groups in total. The molecule has 1 aliphatic heterocycles. The van der Waals surface area contributed by atoms with Crippen molar-refractivity contribution in [3.63, 3.8) is 0 Å². The minimum Gasteiger partial charge on any atom is -0.347 e. The number of carbonyl (C=O) groups excluding carboxylic acids is 1. The van der Waals surface area contributed by atoms with E-state index in [4.69, 9.17) is 0 Å². The van der Waals surface area contributed by atoms with E-state index in [1.165, 1.54) is 5.69 Å². The van der Waals surface area contributed by atoms with Crippen LogP contribution in [0, 0.1) is 0 Å². The first-order valence-electron chi connectivity index (χ1n) is 4.94. The molecule has 0 spiro atoms. The van der Waals surface area contributed by atoms with Gasteiger partial charge in [-0.3, -0.25) is 4.79 Å². The summed E-state index contributed by atoms with van der Waals surface area (Å²) in [4.78, 5) is 13.6. The first kappa shape index (κ1) is 11.1. The van der Waals surface area contributed by atoms with Gasteiger partial charge in [0.05, 0.1) is 6.54 Å². The number of thiol groups is 1. The van der Waals surface area contributed by atoms with Gasteiger partial charge in [-0.1, -0.05) is 0 Å². The van der Waals surface area contributed by atoms with Crippen molar-refractivity contribution >= 4 is 34.5 Å². The highest BCUT2D eigenvalue weighted by Crippen LogP contribution is 2.20. The van der Waals surface area contributed by atoms with E-state index in [1.54, 1.807) is 0 Å². The van der Waals surface area contributed by atoms with Crippen molar-refractivity contribution in [1.82, 2.24) is 9.47 Å². The van der Waals surface area contributed by atoms with Crippen molar-refractivity contribution in [2.45, 2.75) is 19.5 Å². The van der Waals surface area contributed by atoms with E-state index in [9.17, 15) is 4.79 Å². The Bertz CT molecular complexity index is 377. The lowest BCUT2D eigenvalue weighted by molar-refractivity contribution is -0.132. The monoisotopic (exact) mass is 288 g/mol. The second-order valence-corrected chi connectivity index (χ2v) is 4.99. The molecule has 82 valence electrons. The van der Waals surface area contributed by atoms with Crippen LogP contribution in [0.3, 0.4) is 0 Å². The summed E-state index contributed by atoms with van der Waals surface area (Å²) < 4.78 is 3.27. The second kappa shape index (κ2) is 4.61. The highest BCUT2D eigenvalue weighted by molar-refractivity contribution is 9.10. The summed E-state index contributed by atoms with van der Waals surface area (Å²) in [5.74, 6) is 0.827. The molecule has 0 aliphatic carbocycles. The van der Waals surface area contributed by atoms with Gasteiger partial charge in [-0.25, -0.2) is 0 Å². The van der Waals surface area contributed by atoms with Crippen LogP contribution in [0.4, 0.5) is 0 Å². The molecular weight excluding hydrogens is 276 g/mol. The summed E-state index contributed by atoms with van der Waals surface area (Å²) in [7, 11) is 0. The SMILES string of the molecule is O=C(CCS)N1CCn2cc(Br)cc2C1. The maximum atomic E-state index is 11.7. The summed E-state index contributed by atoms with van der Waals surface area (Å²) in [5, 5.41) is 0. The molecule has 5 heteroatoms. The second-order valence-electron chi connectivity index (χ2n) is 3.63. The zero-order valence-electron chi connectivity index (χ0n) is 8.32. The fraction of sp³-hybridized carbons (Fsp3) is 0.500. The maximum absolute atomic E-state index is 11.7. The highest BCUT2D eigenvalue weighted by Gasteiger charge is 2.20. The van der Waals surface area contributed by atoms with Gasteiger partial charge in [-0.2, -0.15) is 12.6 Å². The molecule has 2 rings (SSSR count). The molecular formula is C10H13BrN2OS. The first-order chi connectivity index (χ1) is 7.20. The average molecular weight is 289 g/mol. The lowest BCUT2D eigenvalue weighted by Crippen LogP contribution is -2.37. The highest BCUT2D eigenvalue weighted by atomic mass is 79.9. The Morgan fingerprint density at radius 3 is 3.07 bits per heavy atom. The Morgan fingerprint density at radius 1 is 1.53 bits per heavy atom. The number of rotatable bonds is 2. The molecule has 0 saturated heterocycles. The first-order valence-corrected chi connectivity index (χ1v) is 6.36. The number of fused-ring (bicyclic) bond motifs is 1. The lowest BCUT2D eigenvalue weighted by Gasteiger charge is -2.28. The summed E-state index contributed by atoms with van der Waals surface area (Å²) >= 11 is 7.52. The fourth-order valence-electron chi connectivity index (χ4n) is 1.83. The van der Waals surface area contributed by atoms with Gasteiger partial charge in [0.2, 0.25) is 5.91 Å². The van der Waals surface area contributed by atoms with E-state index in [0.717, 1.165) is 24.1 Å². The summed E-state index contributed by atoms with van der Waals surface area (Å²) in [6.45, 7) is 2.41. The zero-order chi connectivity index (χ0) is 10.8. The van der Waals surface area contributed by atoms with Gasteiger partial charge in [0.25, 0.3) is 0 Å². The minimum atomic E-state index is 0.202. The molecule has 0 atom stereocenters. The van der Waals surface area contributed by atoms with Gasteiger partial charge < -0.3 is 9.47 Å². The van der Waals surface area contributed by atoms with E-state index in [2.05, 4.69) is 45.4 Å². The number of hydrogen-bond donors (Lipinski definition) is 1. The van der Waals surface area contributed by atoms with Crippen molar-refractivity contribution in [3.8, 4) is 0 Å². The predicted octanol–water partition coefficient (Wildman–Crippen LogP) is 1.91. The smallest absolute Gasteiger partial charge is 0.223 e. The predicted molar refractivity (Wildman–Crippen MR) is 66.0 cm³/mol. The summed E-state index contributed by atoms with van der Waals surface area (Å²) in [5.41, 5.74) is 1.20. The maximum Gasteiger partial charge on any atom is 0.223 e. The Morgan fingerprint density at radius 2 is 2.33 bits per heavy atom. The van der Waals surface area contributed by atoms with E-state index in [1.807, 2.05) is 4.90 Å². The average Bonchev–Trinajstić information content (AvgIpc) is 2.57. The van der Waals surface area contributed by atoms with Crippen LogP contribution in [0.1, 0.15) is 12.1 Å². The Kier molecular flexibility index (Phi) is 3.41. The number of aromatic nitrogens is 1. The van der Waals surface area contributed by atoms with Gasteiger partial charge in [-0.15, -0.1) is 0 Å². The van der Waals surface area contributed by atoms with E-state index >= 15 is 0 Å². The van der Waals surface area contributed by atoms with Crippen molar-refractivity contribution in [2.24, 2.45) is 0 Å². The van der Waals surface area contributed by atoms with Gasteiger partial charge in [-0.05, 0) is 27.7 Å². The van der Waals surface area contributed by atoms with Crippen LogP contribution in [0.2, 0.25) is 0 Å². The molecule has 2 heterocycles. The van der Waals surface area contributed by atoms with Crippen molar-refractivity contribution in [3.05, 3.63) is 22.4 Å². The van der Waals surface area contributed by atoms with Crippen molar-refractivity contribution < 1.29 is 4.79 Å². The molecule has 1 aliphatic rings. The molecule has 0 unspecified atom stereocenters. The molecule has 15 heavy (non-hydrogen) atoms. The third-order valence-corrected chi connectivity index (χ3v) is 3.25. The molecule has 0 radical (unpaired) electrons. The third kappa shape index (κ3) is 2.39. The number of halogens is 1. The van der Waals surface area contributed by atoms with Crippen LogP contribution in [-0.2, 0) is 17.9 Å². The number of nitrogens with zero attached hydrogens (tertiary/aromatic N) is 2. The van der Waals surface area contributed by atoms with Crippen LogP contribution >= 0.6 is 28.6 Å². The minimum absolute atomic E-state index is 0.202. The Hall–Kier alpha value is -0.420. The molecule has 1 aromatic heterocycles. The quantitative estimate of drug-likeness (QED) is 0.827. The zero-order valence-corrected chi connectivity index (χ0v) is 10.8. The normalized spacial score (nSPS) is 15.2. The van der Waals surface area contributed by atoms with E-state index in [0.29, 0.717) is 12.2 Å². The molecule has 0 fully saturated rings. The number of hydrogen-bond acceptors (Lipinski definition) is 2. The van der Waals surface area contributed by atoms with E-state index in [-0.39, 0.29) is 5.91 Å². The molecule has 0 saturated carbocycles. The van der Waals surface area contributed by atoms with Gasteiger partial charge in [0, 0.05) is 35.9 Å². The summed E-state index contributed by atoms with van der Waals surface area (Å²) in [6.07, 6.45) is 2.60. The molecule has 3 nitrogen and oxygen atoms in total. The summed E-state index contributed by atoms with van der Waals surface area (Å²) in [6, 6.07) is 2.07. The largest absolute Gasteiger partial charge is 0.347 e. The standard InChI is InChI=1S/C10H13BrN2OS/c11-8-5-9-7-13(10(14)1-4-15)3-2-12(9)6-8/h5-6,15H,1-4,7H2. The molecule has 1 amide bonds. The van der Waals surface area contributed by atoms with Crippen molar-refractivity contribution in [2.75, 3.05) is 12.3 Å². The van der Waals surface area contributed by atoms with Crippen LogP contribution in [0.25, 0.3) is 0 Å².